The van der Waals surface area contributed by atoms with Gasteiger partial charge < -0.3 is 0 Å². The van der Waals surface area contributed by atoms with Crippen LogP contribution >= 0.6 is 23.2 Å². The number of benzene rings is 1. The van der Waals surface area contributed by atoms with Gasteiger partial charge >= 0.3 is 0 Å². The summed E-state index contributed by atoms with van der Waals surface area (Å²) in [5.41, 5.74) is -0.216. The number of nitriles is 1. The molecule has 0 saturated heterocycles. The van der Waals surface area contributed by atoms with Gasteiger partial charge in [-0.15, -0.1) is 0 Å². The number of pyridine rings is 1. The molecule has 2 aromatic rings. The average molecular weight is 346 g/mol. The summed E-state index contributed by atoms with van der Waals surface area (Å²) in [5.74, 6) is -0.870. The molecule has 1 aromatic carbocycles. The van der Waals surface area contributed by atoms with E-state index in [0.29, 0.717) is 0 Å². The van der Waals surface area contributed by atoms with Crippen LogP contribution in [0.25, 0.3) is 0 Å². The molecular weight excluding hydrogens is 340 g/mol. The second-order valence-electron chi connectivity index (χ2n) is 3.86. The van der Waals surface area contributed by atoms with Crippen molar-refractivity contribution in [3.63, 3.8) is 0 Å². The predicted molar refractivity (Wildman–Crippen MR) is 76.2 cm³/mol. The van der Waals surface area contributed by atoms with Gasteiger partial charge in [-0.25, -0.2) is 17.8 Å². The van der Waals surface area contributed by atoms with Crippen LogP contribution in [0, 0.1) is 17.1 Å². The van der Waals surface area contributed by atoms with Gasteiger partial charge in [0.25, 0.3) is 10.0 Å². The minimum Gasteiger partial charge on any atom is -0.277 e. The monoisotopic (exact) mass is 345 g/mol. The maximum Gasteiger partial charge on any atom is 0.263 e. The maximum atomic E-state index is 13.7. The second kappa shape index (κ2) is 5.85. The maximum absolute atomic E-state index is 13.7. The molecule has 108 valence electrons. The Hall–Kier alpha value is -1.88. The van der Waals surface area contributed by atoms with Crippen LogP contribution in [0.1, 0.15) is 5.56 Å². The SMILES string of the molecule is N#Cc1ccc(NS(=O)(=O)c2cnc(Cl)c(Cl)c2)c(F)c1. The zero-order valence-corrected chi connectivity index (χ0v) is 12.5. The quantitative estimate of drug-likeness (QED) is 0.865. The lowest BCUT2D eigenvalue weighted by Crippen LogP contribution is -2.14. The van der Waals surface area contributed by atoms with Gasteiger partial charge in [-0.05, 0) is 24.3 Å². The zero-order valence-electron chi connectivity index (χ0n) is 10.1. The number of aromatic nitrogens is 1. The summed E-state index contributed by atoms with van der Waals surface area (Å²) in [6, 6.07) is 6.20. The van der Waals surface area contributed by atoms with Crippen molar-refractivity contribution in [2.75, 3.05) is 4.72 Å². The van der Waals surface area contributed by atoms with Crippen molar-refractivity contribution < 1.29 is 12.8 Å². The van der Waals surface area contributed by atoms with E-state index in [-0.39, 0.29) is 26.3 Å². The number of anilines is 1. The molecule has 2 rings (SSSR count). The summed E-state index contributed by atoms with van der Waals surface area (Å²) in [5, 5.41) is 8.55. The number of hydrogen-bond acceptors (Lipinski definition) is 4. The van der Waals surface area contributed by atoms with Crippen LogP contribution in [0.4, 0.5) is 10.1 Å². The highest BCUT2D eigenvalue weighted by atomic mass is 35.5. The van der Waals surface area contributed by atoms with Gasteiger partial charge in [0.15, 0.2) is 0 Å². The summed E-state index contributed by atoms with van der Waals surface area (Å²) < 4.78 is 39.9. The van der Waals surface area contributed by atoms with Gasteiger partial charge in [0.1, 0.15) is 15.9 Å². The molecule has 0 spiro atoms. The Morgan fingerprint density at radius 1 is 1.29 bits per heavy atom. The van der Waals surface area contributed by atoms with Crippen molar-refractivity contribution in [1.82, 2.24) is 4.98 Å². The summed E-state index contributed by atoms with van der Waals surface area (Å²) >= 11 is 11.3. The van der Waals surface area contributed by atoms with Crippen LogP contribution < -0.4 is 4.72 Å². The lowest BCUT2D eigenvalue weighted by Gasteiger charge is -2.09. The minimum absolute atomic E-state index is 0.0415. The number of rotatable bonds is 3. The number of nitrogens with zero attached hydrogens (tertiary/aromatic N) is 2. The Balaban J connectivity index is 2.37. The molecule has 0 radical (unpaired) electrons. The molecule has 0 saturated carbocycles. The van der Waals surface area contributed by atoms with Crippen LogP contribution in [-0.4, -0.2) is 13.4 Å². The number of nitrogens with one attached hydrogen (secondary N) is 1. The van der Waals surface area contributed by atoms with Crippen LogP contribution in [0.5, 0.6) is 0 Å². The number of hydrogen-bond donors (Lipinski definition) is 1. The molecule has 0 aliphatic rings. The molecule has 1 N–H and O–H groups in total. The fourth-order valence-electron chi connectivity index (χ4n) is 1.42. The third kappa shape index (κ3) is 3.42. The first-order valence-electron chi connectivity index (χ1n) is 5.37. The molecule has 1 aromatic heterocycles. The Labute approximate surface area is 130 Å². The van der Waals surface area contributed by atoms with E-state index in [1.54, 1.807) is 6.07 Å². The van der Waals surface area contributed by atoms with Gasteiger partial charge in [-0.1, -0.05) is 23.2 Å². The Bertz CT molecular complexity index is 850. The predicted octanol–water partition coefficient (Wildman–Crippen LogP) is 3.20. The van der Waals surface area contributed by atoms with Crippen LogP contribution in [0.15, 0.2) is 35.4 Å². The van der Waals surface area contributed by atoms with Crippen molar-refractivity contribution in [3.8, 4) is 6.07 Å². The van der Waals surface area contributed by atoms with E-state index in [0.717, 1.165) is 24.4 Å². The largest absolute Gasteiger partial charge is 0.277 e. The van der Waals surface area contributed by atoms with E-state index in [9.17, 15) is 12.8 Å². The molecule has 21 heavy (non-hydrogen) atoms. The standard InChI is InChI=1S/C12H6Cl2FN3O2S/c13-9-4-8(6-17-12(9)14)21(19,20)18-11-2-1-7(5-16)3-10(11)15/h1-4,6,18H. The van der Waals surface area contributed by atoms with Gasteiger partial charge in [-0.3, -0.25) is 4.72 Å². The van der Waals surface area contributed by atoms with Gasteiger partial charge in [0.2, 0.25) is 0 Å². The van der Waals surface area contributed by atoms with E-state index < -0.39 is 15.8 Å². The molecule has 5 nitrogen and oxygen atoms in total. The molecule has 1 heterocycles. The summed E-state index contributed by atoms with van der Waals surface area (Å²) in [6.45, 7) is 0. The highest BCUT2D eigenvalue weighted by Crippen LogP contribution is 2.24. The minimum atomic E-state index is -4.07. The van der Waals surface area contributed by atoms with Gasteiger partial charge in [0, 0.05) is 6.20 Å². The van der Waals surface area contributed by atoms with E-state index >= 15 is 0 Å². The van der Waals surface area contributed by atoms with Crippen LogP contribution in [0.2, 0.25) is 10.2 Å². The van der Waals surface area contributed by atoms with Crippen molar-refractivity contribution in [2.45, 2.75) is 4.90 Å². The summed E-state index contributed by atoms with van der Waals surface area (Å²) in [6.07, 6.45) is 0.998. The zero-order chi connectivity index (χ0) is 15.6. The van der Waals surface area contributed by atoms with Crippen molar-refractivity contribution in [1.29, 1.82) is 5.26 Å². The first-order valence-corrected chi connectivity index (χ1v) is 7.61. The Morgan fingerprint density at radius 3 is 2.57 bits per heavy atom. The van der Waals surface area contributed by atoms with Crippen LogP contribution in [-0.2, 0) is 10.0 Å². The van der Waals surface area contributed by atoms with E-state index in [2.05, 4.69) is 4.98 Å². The fourth-order valence-corrected chi connectivity index (χ4v) is 2.79. The number of halogens is 3. The molecule has 9 heteroatoms. The van der Waals surface area contributed by atoms with Gasteiger partial charge in [0.05, 0.1) is 22.3 Å². The van der Waals surface area contributed by atoms with Crippen molar-refractivity contribution >= 4 is 38.9 Å². The molecular formula is C12H6Cl2FN3O2S. The molecule has 0 atom stereocenters. The molecule has 0 amide bonds. The van der Waals surface area contributed by atoms with Crippen molar-refractivity contribution in [2.24, 2.45) is 0 Å². The number of sulfonamides is 1. The Kier molecular flexibility index (Phi) is 4.32. The topological polar surface area (TPSA) is 82.9 Å². The first-order chi connectivity index (χ1) is 9.83. The van der Waals surface area contributed by atoms with Gasteiger partial charge in [-0.2, -0.15) is 5.26 Å². The smallest absolute Gasteiger partial charge is 0.263 e. The molecule has 0 unspecified atom stereocenters. The molecule has 0 aliphatic heterocycles. The molecule has 0 fully saturated rings. The summed E-state index contributed by atoms with van der Waals surface area (Å²) in [7, 11) is -4.07. The average Bonchev–Trinajstić information content (AvgIpc) is 2.43. The third-order valence-electron chi connectivity index (χ3n) is 2.42. The molecule has 0 bridgehead atoms. The van der Waals surface area contributed by atoms with E-state index in [1.807, 2.05) is 4.72 Å². The third-order valence-corrected chi connectivity index (χ3v) is 4.44. The second-order valence-corrected chi connectivity index (χ2v) is 6.30. The van der Waals surface area contributed by atoms with Crippen LogP contribution in [0.3, 0.4) is 0 Å². The van der Waals surface area contributed by atoms with E-state index in [4.69, 9.17) is 28.5 Å². The van der Waals surface area contributed by atoms with E-state index in [1.165, 1.54) is 6.07 Å². The lowest BCUT2D eigenvalue weighted by molar-refractivity contribution is 0.598. The Morgan fingerprint density at radius 2 is 2.00 bits per heavy atom. The van der Waals surface area contributed by atoms with Crippen molar-refractivity contribution in [3.05, 3.63) is 52.0 Å². The highest BCUT2D eigenvalue weighted by molar-refractivity contribution is 7.92. The lowest BCUT2D eigenvalue weighted by atomic mass is 10.2. The normalized spacial score (nSPS) is 11.0. The fraction of sp³-hybridized carbons (Fsp3) is 0. The summed E-state index contributed by atoms with van der Waals surface area (Å²) in [4.78, 5) is 3.35. The highest BCUT2D eigenvalue weighted by Gasteiger charge is 2.18. The molecule has 0 aliphatic carbocycles. The first kappa shape index (κ1) is 15.5.